The summed E-state index contributed by atoms with van der Waals surface area (Å²) < 4.78 is 0. The van der Waals surface area contributed by atoms with Crippen molar-refractivity contribution < 1.29 is 9.90 Å². The molecule has 0 aliphatic carbocycles. The van der Waals surface area contributed by atoms with E-state index in [0.29, 0.717) is 21.4 Å². The summed E-state index contributed by atoms with van der Waals surface area (Å²) in [5, 5.41) is 24.0. The van der Waals surface area contributed by atoms with E-state index in [1.807, 2.05) is 0 Å². The molecular formula is C9H9N5O2S. The molecule has 0 unspecified atom stereocenters. The number of H-pyrrole nitrogens is 1. The maximum absolute atomic E-state index is 11.2. The van der Waals surface area contributed by atoms with Gasteiger partial charge in [-0.3, -0.25) is 5.10 Å². The number of carboxylic acid groups (broad SMARTS) is 1. The number of aromatic carboxylic acids is 1. The predicted octanol–water partition coefficient (Wildman–Crippen LogP) is 1.06. The van der Waals surface area contributed by atoms with E-state index >= 15 is 0 Å². The highest BCUT2D eigenvalue weighted by Gasteiger charge is 2.19. The largest absolute Gasteiger partial charge is 0.478 e. The second kappa shape index (κ2) is 4.50. The quantitative estimate of drug-likeness (QED) is 0.840. The van der Waals surface area contributed by atoms with Crippen molar-refractivity contribution in [1.29, 1.82) is 0 Å². The molecule has 7 nitrogen and oxygen atoms in total. The van der Waals surface area contributed by atoms with Crippen molar-refractivity contribution in [2.45, 2.75) is 24.0 Å². The zero-order chi connectivity index (χ0) is 12.4. The van der Waals surface area contributed by atoms with Gasteiger partial charge in [-0.15, -0.1) is 5.10 Å². The van der Waals surface area contributed by atoms with Gasteiger partial charge in [0.15, 0.2) is 5.16 Å². The van der Waals surface area contributed by atoms with Gasteiger partial charge in [0.05, 0.1) is 11.3 Å². The molecule has 17 heavy (non-hydrogen) atoms. The first-order chi connectivity index (χ1) is 8.09. The van der Waals surface area contributed by atoms with Crippen molar-refractivity contribution in [2.24, 2.45) is 0 Å². The van der Waals surface area contributed by atoms with E-state index in [9.17, 15) is 9.90 Å². The minimum Gasteiger partial charge on any atom is -0.478 e. The molecule has 0 saturated heterocycles. The number of hydrogen-bond acceptors (Lipinski definition) is 6. The Balaban J connectivity index is 2.47. The van der Waals surface area contributed by atoms with Crippen LogP contribution in [-0.4, -0.2) is 36.5 Å². The van der Waals surface area contributed by atoms with Crippen molar-refractivity contribution in [2.75, 3.05) is 0 Å². The molecule has 0 fully saturated rings. The number of aryl methyl sites for hydroxylation is 1. The summed E-state index contributed by atoms with van der Waals surface area (Å²) >= 11 is 1.09. The number of carbonyl (C=O) groups is 1. The Bertz CT molecular complexity index is 555. The number of hydrogen-bond donors (Lipinski definition) is 2. The summed E-state index contributed by atoms with van der Waals surface area (Å²) in [6.07, 6.45) is 1.34. The fourth-order valence-corrected chi connectivity index (χ4v) is 2.05. The number of aromatic nitrogens is 5. The lowest BCUT2D eigenvalue weighted by Gasteiger charge is -2.06. The SMILES string of the molecule is Cc1nnc(Sc2ncn[nH]2)c(C(=O)O)c1C. The van der Waals surface area contributed by atoms with E-state index in [-0.39, 0.29) is 5.56 Å². The minimum atomic E-state index is -1.03. The lowest BCUT2D eigenvalue weighted by molar-refractivity contribution is 0.0690. The summed E-state index contributed by atoms with van der Waals surface area (Å²) in [5.41, 5.74) is 1.36. The van der Waals surface area contributed by atoms with E-state index < -0.39 is 5.97 Å². The first-order valence-corrected chi connectivity index (χ1v) is 5.51. The van der Waals surface area contributed by atoms with Crippen LogP contribution in [0.1, 0.15) is 21.6 Å². The molecule has 0 radical (unpaired) electrons. The van der Waals surface area contributed by atoms with Crippen LogP contribution in [0.4, 0.5) is 0 Å². The highest BCUT2D eigenvalue weighted by molar-refractivity contribution is 7.99. The molecule has 0 spiro atoms. The van der Waals surface area contributed by atoms with E-state index in [2.05, 4.69) is 25.4 Å². The lowest BCUT2D eigenvalue weighted by atomic mass is 10.1. The first-order valence-electron chi connectivity index (χ1n) is 4.70. The summed E-state index contributed by atoms with van der Waals surface area (Å²) in [6, 6.07) is 0. The smallest absolute Gasteiger partial charge is 0.338 e. The lowest BCUT2D eigenvalue weighted by Crippen LogP contribution is -2.08. The Kier molecular flexibility index (Phi) is 3.05. The zero-order valence-corrected chi connectivity index (χ0v) is 9.95. The standard InChI is InChI=1S/C9H9N5O2S/c1-4-5(2)12-13-7(6(4)8(15)16)17-9-10-3-11-14-9/h3H,1-2H3,(H,15,16)(H,10,11,14). The summed E-state index contributed by atoms with van der Waals surface area (Å²) in [5.74, 6) is -1.03. The maximum Gasteiger partial charge on any atom is 0.338 e. The van der Waals surface area contributed by atoms with E-state index in [4.69, 9.17) is 0 Å². The highest BCUT2D eigenvalue weighted by Crippen LogP contribution is 2.27. The summed E-state index contributed by atoms with van der Waals surface area (Å²) in [4.78, 5) is 15.1. The molecule has 88 valence electrons. The van der Waals surface area contributed by atoms with Crippen LogP contribution in [0.15, 0.2) is 16.5 Å². The zero-order valence-electron chi connectivity index (χ0n) is 9.13. The maximum atomic E-state index is 11.2. The van der Waals surface area contributed by atoms with Gasteiger partial charge in [0.1, 0.15) is 11.4 Å². The van der Waals surface area contributed by atoms with Crippen molar-refractivity contribution in [3.63, 3.8) is 0 Å². The van der Waals surface area contributed by atoms with Gasteiger partial charge < -0.3 is 5.11 Å². The van der Waals surface area contributed by atoms with Crippen molar-refractivity contribution >= 4 is 17.7 Å². The molecule has 2 aromatic heterocycles. The summed E-state index contributed by atoms with van der Waals surface area (Å²) in [6.45, 7) is 3.43. The number of nitrogens with zero attached hydrogens (tertiary/aromatic N) is 4. The average molecular weight is 251 g/mol. The van der Waals surface area contributed by atoms with E-state index in [1.54, 1.807) is 13.8 Å². The van der Waals surface area contributed by atoms with Gasteiger partial charge in [-0.25, -0.2) is 9.78 Å². The third kappa shape index (κ3) is 2.26. The number of nitrogens with one attached hydrogen (secondary N) is 1. The molecule has 2 rings (SSSR count). The predicted molar refractivity (Wildman–Crippen MR) is 59.0 cm³/mol. The monoisotopic (exact) mass is 251 g/mol. The normalized spacial score (nSPS) is 10.5. The van der Waals surface area contributed by atoms with Gasteiger partial charge in [0.25, 0.3) is 0 Å². The topological polar surface area (TPSA) is 105 Å². The fourth-order valence-electron chi connectivity index (χ4n) is 1.25. The van der Waals surface area contributed by atoms with Crippen molar-refractivity contribution in [3.05, 3.63) is 23.1 Å². The number of carboxylic acids is 1. The van der Waals surface area contributed by atoms with Gasteiger partial charge in [-0.2, -0.15) is 10.2 Å². The van der Waals surface area contributed by atoms with Crippen LogP contribution in [0.3, 0.4) is 0 Å². The van der Waals surface area contributed by atoms with Crippen molar-refractivity contribution in [3.8, 4) is 0 Å². The molecule has 0 bridgehead atoms. The number of aromatic amines is 1. The molecule has 0 aliphatic rings. The Hall–Kier alpha value is -1.96. The van der Waals surface area contributed by atoms with Crippen LogP contribution in [0.2, 0.25) is 0 Å². The molecule has 8 heteroatoms. The van der Waals surface area contributed by atoms with Gasteiger partial charge in [0.2, 0.25) is 0 Å². The molecular weight excluding hydrogens is 242 g/mol. The number of rotatable bonds is 3. The van der Waals surface area contributed by atoms with Gasteiger partial charge in [-0.1, -0.05) is 0 Å². The average Bonchev–Trinajstić information content (AvgIpc) is 2.76. The molecule has 0 aromatic carbocycles. The van der Waals surface area contributed by atoms with Crippen molar-refractivity contribution in [1.82, 2.24) is 25.4 Å². The van der Waals surface area contributed by atoms with Gasteiger partial charge in [-0.05, 0) is 31.2 Å². The molecule has 2 N–H and O–H groups in total. The Morgan fingerprint density at radius 2 is 2.18 bits per heavy atom. The van der Waals surface area contributed by atoms with Crippen LogP contribution in [0.5, 0.6) is 0 Å². The Morgan fingerprint density at radius 1 is 1.41 bits per heavy atom. The third-order valence-corrected chi connectivity index (χ3v) is 3.09. The third-order valence-electron chi connectivity index (χ3n) is 2.22. The van der Waals surface area contributed by atoms with E-state index in [1.165, 1.54) is 6.33 Å². The second-order valence-corrected chi connectivity index (χ2v) is 4.27. The molecule has 0 amide bonds. The first kappa shape index (κ1) is 11.5. The highest BCUT2D eigenvalue weighted by atomic mass is 32.2. The van der Waals surface area contributed by atoms with Gasteiger partial charge >= 0.3 is 5.97 Å². The molecule has 0 saturated carbocycles. The van der Waals surface area contributed by atoms with Crippen LogP contribution < -0.4 is 0 Å². The summed E-state index contributed by atoms with van der Waals surface area (Å²) in [7, 11) is 0. The second-order valence-electron chi connectivity index (χ2n) is 3.29. The molecule has 0 atom stereocenters. The molecule has 2 aromatic rings. The Labute approximate surface area is 101 Å². The van der Waals surface area contributed by atoms with Crippen LogP contribution >= 0.6 is 11.8 Å². The Morgan fingerprint density at radius 3 is 2.76 bits per heavy atom. The molecule has 2 heterocycles. The van der Waals surface area contributed by atoms with E-state index in [0.717, 1.165) is 11.8 Å². The fraction of sp³-hybridized carbons (Fsp3) is 0.222. The molecule has 0 aliphatic heterocycles. The van der Waals surface area contributed by atoms with Crippen LogP contribution in [-0.2, 0) is 0 Å². The van der Waals surface area contributed by atoms with Crippen LogP contribution in [0.25, 0.3) is 0 Å². The minimum absolute atomic E-state index is 0.152. The van der Waals surface area contributed by atoms with Crippen LogP contribution in [0, 0.1) is 13.8 Å². The van der Waals surface area contributed by atoms with Gasteiger partial charge in [0, 0.05) is 0 Å².